The molecule has 1 fully saturated rings. The summed E-state index contributed by atoms with van der Waals surface area (Å²) < 4.78 is 4.80. The van der Waals surface area contributed by atoms with E-state index < -0.39 is 0 Å². The van der Waals surface area contributed by atoms with Gasteiger partial charge in [0.1, 0.15) is 0 Å². The number of hydrogen-bond acceptors (Lipinski definition) is 3. The Balaban J connectivity index is 2.13. The van der Waals surface area contributed by atoms with Gasteiger partial charge in [0.2, 0.25) is 0 Å². The number of rotatable bonds is 5. The first-order valence-corrected chi connectivity index (χ1v) is 4.73. The smallest absolute Gasteiger partial charge is 0.334 e. The Hall–Kier alpha value is -0.830. The maximum atomic E-state index is 11.1. The summed E-state index contributed by atoms with van der Waals surface area (Å²) in [6.45, 7) is 8.60. The van der Waals surface area contributed by atoms with Crippen molar-refractivity contribution in [3.05, 3.63) is 12.2 Å². The third-order valence-electron chi connectivity index (χ3n) is 2.25. The van der Waals surface area contributed by atoms with Gasteiger partial charge in [-0.1, -0.05) is 13.5 Å². The molecule has 13 heavy (non-hydrogen) atoms. The lowest BCUT2D eigenvalue weighted by Crippen LogP contribution is -2.24. The van der Waals surface area contributed by atoms with Crippen LogP contribution < -0.4 is 5.32 Å². The molecule has 0 saturated heterocycles. The van der Waals surface area contributed by atoms with E-state index in [-0.39, 0.29) is 5.97 Å². The predicted molar refractivity (Wildman–Crippen MR) is 51.3 cm³/mol. The van der Waals surface area contributed by atoms with Crippen molar-refractivity contribution in [3.8, 4) is 0 Å². The molecule has 1 rings (SSSR count). The van der Waals surface area contributed by atoms with Crippen LogP contribution in [0.1, 0.15) is 20.3 Å². The highest BCUT2D eigenvalue weighted by Gasteiger charge is 2.31. The normalized spacial score (nSPS) is 25.4. The van der Waals surface area contributed by atoms with Gasteiger partial charge in [-0.2, -0.15) is 0 Å². The quantitative estimate of drug-likeness (QED) is 0.512. The molecule has 1 aliphatic rings. The van der Waals surface area contributed by atoms with Crippen LogP contribution >= 0.6 is 0 Å². The van der Waals surface area contributed by atoms with Crippen LogP contribution in [0.3, 0.4) is 0 Å². The van der Waals surface area contributed by atoms with Crippen molar-refractivity contribution in [2.45, 2.75) is 26.3 Å². The van der Waals surface area contributed by atoms with E-state index in [9.17, 15) is 4.79 Å². The summed E-state index contributed by atoms with van der Waals surface area (Å²) in [6, 6.07) is 0.575. The predicted octanol–water partition coefficient (Wildman–Crippen LogP) is 1.10. The Morgan fingerprint density at radius 3 is 2.77 bits per heavy atom. The van der Waals surface area contributed by atoms with Gasteiger partial charge in [-0.15, -0.1) is 0 Å². The SMILES string of the molecule is C=C(CNC1CC1C)C(=O)OCC. The summed E-state index contributed by atoms with van der Waals surface area (Å²) in [5, 5.41) is 3.25. The first kappa shape index (κ1) is 10.3. The number of carbonyl (C=O) groups excluding carboxylic acids is 1. The molecule has 0 amide bonds. The van der Waals surface area contributed by atoms with Gasteiger partial charge in [-0.3, -0.25) is 0 Å². The zero-order valence-electron chi connectivity index (χ0n) is 8.30. The zero-order valence-corrected chi connectivity index (χ0v) is 8.30. The van der Waals surface area contributed by atoms with E-state index in [0.717, 1.165) is 5.92 Å². The average Bonchev–Trinajstić information content (AvgIpc) is 2.78. The molecule has 3 heteroatoms. The van der Waals surface area contributed by atoms with E-state index >= 15 is 0 Å². The second kappa shape index (κ2) is 4.42. The molecule has 0 heterocycles. The van der Waals surface area contributed by atoms with Gasteiger partial charge in [0.05, 0.1) is 6.61 Å². The van der Waals surface area contributed by atoms with E-state index in [2.05, 4.69) is 18.8 Å². The second-order valence-electron chi connectivity index (χ2n) is 3.52. The zero-order chi connectivity index (χ0) is 9.84. The maximum Gasteiger partial charge on any atom is 0.334 e. The Kier molecular flexibility index (Phi) is 3.48. The molecule has 0 aromatic rings. The van der Waals surface area contributed by atoms with E-state index in [1.54, 1.807) is 6.92 Å². The minimum absolute atomic E-state index is 0.289. The van der Waals surface area contributed by atoms with Gasteiger partial charge in [0.15, 0.2) is 0 Å². The lowest BCUT2D eigenvalue weighted by atomic mass is 10.3. The highest BCUT2D eigenvalue weighted by molar-refractivity contribution is 5.88. The molecular formula is C10H17NO2. The van der Waals surface area contributed by atoms with Crippen LogP contribution in [0.5, 0.6) is 0 Å². The summed E-state index contributed by atoms with van der Waals surface area (Å²) in [4.78, 5) is 11.1. The number of hydrogen-bond donors (Lipinski definition) is 1. The highest BCUT2D eigenvalue weighted by atomic mass is 16.5. The molecule has 0 aromatic heterocycles. The van der Waals surface area contributed by atoms with Crippen molar-refractivity contribution in [1.29, 1.82) is 0 Å². The fourth-order valence-electron chi connectivity index (χ4n) is 1.17. The number of nitrogens with one attached hydrogen (secondary N) is 1. The third-order valence-corrected chi connectivity index (χ3v) is 2.25. The minimum Gasteiger partial charge on any atom is -0.463 e. The highest BCUT2D eigenvalue weighted by Crippen LogP contribution is 2.28. The molecule has 0 spiro atoms. The lowest BCUT2D eigenvalue weighted by molar-refractivity contribution is -0.138. The number of carbonyl (C=O) groups is 1. The monoisotopic (exact) mass is 183 g/mol. The Labute approximate surface area is 79.2 Å². The molecule has 1 saturated carbocycles. The molecule has 0 radical (unpaired) electrons. The van der Waals surface area contributed by atoms with E-state index in [1.165, 1.54) is 6.42 Å². The van der Waals surface area contributed by atoms with Crippen LogP contribution in [0.2, 0.25) is 0 Å². The second-order valence-corrected chi connectivity index (χ2v) is 3.52. The van der Waals surface area contributed by atoms with E-state index in [1.807, 2.05) is 0 Å². The maximum absolute atomic E-state index is 11.1. The van der Waals surface area contributed by atoms with Gasteiger partial charge < -0.3 is 10.1 Å². The molecule has 2 unspecified atom stereocenters. The molecule has 2 atom stereocenters. The van der Waals surface area contributed by atoms with E-state index in [0.29, 0.717) is 24.8 Å². The van der Waals surface area contributed by atoms with Crippen LogP contribution in [-0.4, -0.2) is 25.2 Å². The number of esters is 1. The Morgan fingerprint density at radius 1 is 1.69 bits per heavy atom. The summed E-state index contributed by atoms with van der Waals surface area (Å²) in [7, 11) is 0. The van der Waals surface area contributed by atoms with Crippen molar-refractivity contribution in [2.75, 3.05) is 13.2 Å². The molecule has 0 bridgehead atoms. The topological polar surface area (TPSA) is 38.3 Å². The van der Waals surface area contributed by atoms with Crippen molar-refractivity contribution >= 4 is 5.97 Å². The van der Waals surface area contributed by atoms with Crippen molar-refractivity contribution in [2.24, 2.45) is 5.92 Å². The van der Waals surface area contributed by atoms with Crippen molar-refractivity contribution < 1.29 is 9.53 Å². The summed E-state index contributed by atoms with van der Waals surface area (Å²) in [5.74, 6) is 0.457. The standard InChI is InChI=1S/C10H17NO2/c1-4-13-10(12)8(3)6-11-9-5-7(9)2/h7,9,11H,3-6H2,1-2H3. The summed E-state index contributed by atoms with van der Waals surface area (Å²) in [5.41, 5.74) is 0.515. The van der Waals surface area contributed by atoms with Gasteiger partial charge in [0, 0.05) is 18.2 Å². The molecular weight excluding hydrogens is 166 g/mol. The Morgan fingerprint density at radius 2 is 2.31 bits per heavy atom. The summed E-state index contributed by atoms with van der Waals surface area (Å²) >= 11 is 0. The van der Waals surface area contributed by atoms with Crippen molar-refractivity contribution in [3.63, 3.8) is 0 Å². The molecule has 1 aliphatic carbocycles. The molecule has 3 nitrogen and oxygen atoms in total. The van der Waals surface area contributed by atoms with Gasteiger partial charge in [0.25, 0.3) is 0 Å². The lowest BCUT2D eigenvalue weighted by Gasteiger charge is -2.05. The molecule has 1 N–H and O–H groups in total. The van der Waals surface area contributed by atoms with Gasteiger partial charge >= 0.3 is 5.97 Å². The van der Waals surface area contributed by atoms with Crippen LogP contribution in [0.15, 0.2) is 12.2 Å². The first-order chi connectivity index (χ1) is 6.15. The van der Waals surface area contributed by atoms with Crippen LogP contribution in [0.25, 0.3) is 0 Å². The largest absolute Gasteiger partial charge is 0.463 e. The third kappa shape index (κ3) is 3.19. The van der Waals surface area contributed by atoms with Gasteiger partial charge in [-0.25, -0.2) is 4.79 Å². The van der Waals surface area contributed by atoms with Crippen LogP contribution in [0.4, 0.5) is 0 Å². The molecule has 0 aromatic carbocycles. The fraction of sp³-hybridized carbons (Fsp3) is 0.700. The molecule has 74 valence electrons. The first-order valence-electron chi connectivity index (χ1n) is 4.73. The van der Waals surface area contributed by atoms with Gasteiger partial charge in [-0.05, 0) is 19.3 Å². The average molecular weight is 183 g/mol. The fourth-order valence-corrected chi connectivity index (χ4v) is 1.17. The number of ether oxygens (including phenoxy) is 1. The molecule has 0 aliphatic heterocycles. The minimum atomic E-state index is -0.289. The Bertz CT molecular complexity index is 213. The van der Waals surface area contributed by atoms with Crippen LogP contribution in [0, 0.1) is 5.92 Å². The summed E-state index contributed by atoms with van der Waals surface area (Å²) in [6.07, 6.45) is 1.20. The van der Waals surface area contributed by atoms with E-state index in [4.69, 9.17) is 4.74 Å². The van der Waals surface area contributed by atoms with Crippen LogP contribution in [-0.2, 0) is 9.53 Å². The van der Waals surface area contributed by atoms with Crippen molar-refractivity contribution in [1.82, 2.24) is 5.32 Å².